The smallest absolute Gasteiger partial charge is 0.243 e. The second-order valence-corrected chi connectivity index (χ2v) is 10.7. The van der Waals surface area contributed by atoms with Crippen molar-refractivity contribution < 1.29 is 8.42 Å². The van der Waals surface area contributed by atoms with E-state index in [4.69, 9.17) is 5.73 Å². The molecule has 1 aromatic rings. The Morgan fingerprint density at radius 1 is 1.00 bits per heavy atom. The van der Waals surface area contributed by atoms with Gasteiger partial charge in [0, 0.05) is 38.8 Å². The van der Waals surface area contributed by atoms with Gasteiger partial charge in [0.2, 0.25) is 10.0 Å². The van der Waals surface area contributed by atoms with Gasteiger partial charge < -0.3 is 5.73 Å². The molecule has 1 aliphatic carbocycles. The van der Waals surface area contributed by atoms with Crippen molar-refractivity contribution in [2.45, 2.75) is 70.2 Å². The molecule has 0 radical (unpaired) electrons. The fourth-order valence-electron chi connectivity index (χ4n) is 5.21. The number of hydrogen-bond acceptors (Lipinski definition) is 4. The first-order chi connectivity index (χ1) is 13.3. The quantitative estimate of drug-likeness (QED) is 0.786. The van der Waals surface area contributed by atoms with Crippen LogP contribution >= 0.6 is 0 Å². The minimum atomic E-state index is -3.45. The second-order valence-electron chi connectivity index (χ2n) is 8.80. The topological polar surface area (TPSA) is 66.6 Å². The van der Waals surface area contributed by atoms with Crippen LogP contribution in [0.3, 0.4) is 0 Å². The van der Waals surface area contributed by atoms with E-state index in [1.165, 1.54) is 38.5 Å². The molecule has 1 atom stereocenters. The molecule has 1 unspecified atom stereocenters. The standard InChI is InChI=1S/C22H37N3O2S/c1-17-13-18(2)22(19(3)14-17)28(26,27)25-11-9-24(10-12-25)21(16-23)15-20-7-5-4-6-8-20/h13-14,20-21H,4-12,15-16,23H2,1-3H3. The van der Waals surface area contributed by atoms with Crippen LogP contribution in [-0.4, -0.2) is 56.4 Å². The van der Waals surface area contributed by atoms with Gasteiger partial charge in [0.15, 0.2) is 0 Å². The molecule has 1 heterocycles. The highest BCUT2D eigenvalue weighted by Gasteiger charge is 2.33. The molecule has 1 saturated carbocycles. The van der Waals surface area contributed by atoms with E-state index in [2.05, 4.69) is 4.90 Å². The lowest BCUT2D eigenvalue weighted by atomic mass is 9.84. The van der Waals surface area contributed by atoms with Crippen LogP contribution in [0.4, 0.5) is 0 Å². The van der Waals surface area contributed by atoms with Gasteiger partial charge in [-0.1, -0.05) is 49.8 Å². The highest BCUT2D eigenvalue weighted by molar-refractivity contribution is 7.89. The van der Waals surface area contributed by atoms with Crippen molar-refractivity contribution in [3.05, 3.63) is 28.8 Å². The third kappa shape index (κ3) is 4.78. The minimum absolute atomic E-state index is 0.385. The zero-order valence-electron chi connectivity index (χ0n) is 17.8. The van der Waals surface area contributed by atoms with Crippen molar-refractivity contribution in [3.8, 4) is 0 Å². The molecule has 0 aromatic heterocycles. The van der Waals surface area contributed by atoms with Crippen LogP contribution in [0, 0.1) is 26.7 Å². The predicted molar refractivity (Wildman–Crippen MR) is 115 cm³/mol. The zero-order chi connectivity index (χ0) is 20.3. The first-order valence-corrected chi connectivity index (χ1v) is 12.3. The molecule has 1 saturated heterocycles. The molecular formula is C22H37N3O2S. The van der Waals surface area contributed by atoms with Crippen molar-refractivity contribution in [1.82, 2.24) is 9.21 Å². The molecule has 6 heteroatoms. The monoisotopic (exact) mass is 407 g/mol. The molecule has 1 aliphatic heterocycles. The van der Waals surface area contributed by atoms with Crippen LogP contribution in [0.15, 0.2) is 17.0 Å². The fraction of sp³-hybridized carbons (Fsp3) is 0.727. The van der Waals surface area contributed by atoms with Gasteiger partial charge in [-0.2, -0.15) is 4.31 Å². The van der Waals surface area contributed by atoms with Crippen molar-refractivity contribution >= 4 is 10.0 Å². The lowest BCUT2D eigenvalue weighted by molar-refractivity contribution is 0.116. The van der Waals surface area contributed by atoms with Gasteiger partial charge in [-0.05, 0) is 44.2 Å². The van der Waals surface area contributed by atoms with Gasteiger partial charge in [0.05, 0.1) is 4.90 Å². The first kappa shape index (κ1) is 21.8. The molecule has 28 heavy (non-hydrogen) atoms. The van der Waals surface area contributed by atoms with Crippen LogP contribution in [-0.2, 0) is 10.0 Å². The van der Waals surface area contributed by atoms with Crippen LogP contribution in [0.2, 0.25) is 0 Å². The third-order valence-electron chi connectivity index (χ3n) is 6.59. The van der Waals surface area contributed by atoms with E-state index >= 15 is 0 Å². The van der Waals surface area contributed by atoms with E-state index in [1.807, 2.05) is 32.9 Å². The average Bonchev–Trinajstić information content (AvgIpc) is 2.66. The molecule has 2 fully saturated rings. The zero-order valence-corrected chi connectivity index (χ0v) is 18.6. The number of hydrogen-bond donors (Lipinski definition) is 1. The number of benzene rings is 1. The van der Waals surface area contributed by atoms with Gasteiger partial charge in [-0.15, -0.1) is 0 Å². The van der Waals surface area contributed by atoms with Crippen LogP contribution < -0.4 is 5.73 Å². The summed E-state index contributed by atoms with van der Waals surface area (Å²) in [6, 6.07) is 4.31. The van der Waals surface area contributed by atoms with Gasteiger partial charge >= 0.3 is 0 Å². The van der Waals surface area contributed by atoms with E-state index in [0.717, 1.165) is 35.7 Å². The summed E-state index contributed by atoms with van der Waals surface area (Å²) in [7, 11) is -3.45. The number of piperazine rings is 1. The molecular weight excluding hydrogens is 370 g/mol. The Morgan fingerprint density at radius 2 is 1.57 bits per heavy atom. The van der Waals surface area contributed by atoms with E-state index in [1.54, 1.807) is 4.31 Å². The number of sulfonamides is 1. The Bertz CT molecular complexity index is 741. The Hall–Kier alpha value is -0.950. The SMILES string of the molecule is Cc1cc(C)c(S(=O)(=O)N2CCN(C(CN)CC3CCCCC3)CC2)c(C)c1. The summed E-state index contributed by atoms with van der Waals surface area (Å²) in [4.78, 5) is 2.92. The summed E-state index contributed by atoms with van der Waals surface area (Å²) in [6.45, 7) is 9.13. The first-order valence-electron chi connectivity index (χ1n) is 10.8. The number of aryl methyl sites for hydroxylation is 3. The lowest BCUT2D eigenvalue weighted by Gasteiger charge is -2.40. The van der Waals surface area contributed by atoms with Crippen LogP contribution in [0.25, 0.3) is 0 Å². The van der Waals surface area contributed by atoms with E-state index < -0.39 is 10.0 Å². The maximum Gasteiger partial charge on any atom is 0.243 e. The molecule has 2 N–H and O–H groups in total. The highest BCUT2D eigenvalue weighted by atomic mass is 32.2. The van der Waals surface area contributed by atoms with E-state index in [-0.39, 0.29) is 0 Å². The van der Waals surface area contributed by atoms with E-state index in [0.29, 0.717) is 30.6 Å². The second kappa shape index (κ2) is 9.24. The summed E-state index contributed by atoms with van der Waals surface area (Å²) in [5, 5.41) is 0. The average molecular weight is 408 g/mol. The van der Waals surface area contributed by atoms with Gasteiger partial charge in [0.1, 0.15) is 0 Å². The van der Waals surface area contributed by atoms with Gasteiger partial charge in [-0.3, -0.25) is 4.90 Å². The molecule has 3 rings (SSSR count). The van der Waals surface area contributed by atoms with Gasteiger partial charge in [0.25, 0.3) is 0 Å². The normalized spacial score (nSPS) is 21.7. The van der Waals surface area contributed by atoms with Crippen molar-refractivity contribution in [3.63, 3.8) is 0 Å². The summed E-state index contributed by atoms with van der Waals surface area (Å²) >= 11 is 0. The van der Waals surface area contributed by atoms with Crippen molar-refractivity contribution in [2.75, 3.05) is 32.7 Å². The number of rotatable bonds is 6. The Kier molecular flexibility index (Phi) is 7.18. The molecule has 0 spiro atoms. The largest absolute Gasteiger partial charge is 0.329 e. The highest BCUT2D eigenvalue weighted by Crippen LogP contribution is 2.30. The van der Waals surface area contributed by atoms with Crippen molar-refractivity contribution in [1.29, 1.82) is 0 Å². The summed E-state index contributed by atoms with van der Waals surface area (Å²) in [5.41, 5.74) is 8.91. The Balaban J connectivity index is 1.65. The maximum absolute atomic E-state index is 13.3. The van der Waals surface area contributed by atoms with Crippen LogP contribution in [0.5, 0.6) is 0 Å². The Morgan fingerprint density at radius 3 is 2.11 bits per heavy atom. The molecule has 158 valence electrons. The van der Waals surface area contributed by atoms with Crippen molar-refractivity contribution in [2.24, 2.45) is 11.7 Å². The third-order valence-corrected chi connectivity index (χ3v) is 8.80. The summed E-state index contributed by atoms with van der Waals surface area (Å²) in [5.74, 6) is 0.793. The minimum Gasteiger partial charge on any atom is -0.329 e. The Labute approximate surface area is 171 Å². The summed E-state index contributed by atoms with van der Waals surface area (Å²) < 4.78 is 28.2. The molecule has 5 nitrogen and oxygen atoms in total. The molecule has 1 aromatic carbocycles. The maximum atomic E-state index is 13.3. The summed E-state index contributed by atoms with van der Waals surface area (Å²) in [6.07, 6.45) is 7.90. The number of nitrogens with two attached hydrogens (primary N) is 1. The van der Waals surface area contributed by atoms with Gasteiger partial charge in [-0.25, -0.2) is 8.42 Å². The number of nitrogens with zero attached hydrogens (tertiary/aromatic N) is 2. The van der Waals surface area contributed by atoms with Crippen LogP contribution in [0.1, 0.15) is 55.2 Å². The molecule has 0 bridgehead atoms. The van der Waals surface area contributed by atoms with E-state index in [9.17, 15) is 8.42 Å². The molecule has 0 amide bonds. The molecule has 2 aliphatic rings. The predicted octanol–water partition coefficient (Wildman–Crippen LogP) is 3.22. The lowest BCUT2D eigenvalue weighted by Crippen LogP contribution is -2.54. The fourth-order valence-corrected chi connectivity index (χ4v) is 7.05.